The van der Waals surface area contributed by atoms with Gasteiger partial charge < -0.3 is 20.4 Å². The predicted molar refractivity (Wildman–Crippen MR) is 126 cm³/mol. The van der Waals surface area contributed by atoms with Gasteiger partial charge in [-0.05, 0) is 49.6 Å². The molecule has 1 aliphatic rings. The van der Waals surface area contributed by atoms with Crippen molar-refractivity contribution in [1.82, 2.24) is 20.5 Å². The number of guanidine groups is 1. The molecule has 166 valence electrons. The van der Waals surface area contributed by atoms with Gasteiger partial charge in [0.2, 0.25) is 5.91 Å². The summed E-state index contributed by atoms with van der Waals surface area (Å²) in [6.07, 6.45) is 5.04. The Balaban J connectivity index is 1.47. The van der Waals surface area contributed by atoms with E-state index in [9.17, 15) is 4.79 Å². The molecule has 2 N–H and O–H groups in total. The maximum absolute atomic E-state index is 12.5. The van der Waals surface area contributed by atoms with Gasteiger partial charge in [-0.25, -0.2) is 0 Å². The fourth-order valence-electron chi connectivity index (χ4n) is 3.70. The first-order valence-corrected chi connectivity index (χ1v) is 11.0. The zero-order valence-corrected chi connectivity index (χ0v) is 18.8. The summed E-state index contributed by atoms with van der Waals surface area (Å²) in [6.45, 7) is 5.19. The van der Waals surface area contributed by atoms with Crippen molar-refractivity contribution < 1.29 is 4.79 Å². The number of rotatable bonds is 8. The van der Waals surface area contributed by atoms with Gasteiger partial charge in [-0.2, -0.15) is 0 Å². The molecule has 0 aliphatic carbocycles. The van der Waals surface area contributed by atoms with Crippen molar-refractivity contribution in [3.05, 3.63) is 59.9 Å². The average molecular weight is 423 g/mol. The number of benzene rings is 1. The van der Waals surface area contributed by atoms with Crippen LogP contribution in [0.5, 0.6) is 0 Å². The molecule has 7 nitrogen and oxygen atoms in total. The Hall–Kier alpha value is -3.09. The molecule has 1 aromatic carbocycles. The van der Waals surface area contributed by atoms with Crippen LogP contribution < -0.4 is 15.5 Å². The van der Waals surface area contributed by atoms with Crippen molar-refractivity contribution in [1.29, 1.82) is 0 Å². The van der Waals surface area contributed by atoms with Crippen LogP contribution in [0, 0.1) is 0 Å². The molecule has 2 heterocycles. The van der Waals surface area contributed by atoms with Crippen LogP contribution in [0.4, 0.5) is 5.69 Å². The maximum Gasteiger partial charge on any atom is 0.241 e. The zero-order valence-electron chi connectivity index (χ0n) is 18.8. The van der Waals surface area contributed by atoms with Crippen LogP contribution in [0.15, 0.2) is 53.7 Å². The number of hydrogen-bond acceptors (Lipinski definition) is 4. The van der Waals surface area contributed by atoms with Crippen molar-refractivity contribution >= 4 is 17.6 Å². The van der Waals surface area contributed by atoms with Crippen molar-refractivity contribution in [3.63, 3.8) is 0 Å². The standard InChI is InChI=1S/C24H34N6O/c1-19(20-9-8-11-22(17-20)30-14-6-7-15-30)28-24(25-2)27-18-23(31)29(3)16-12-21-10-4-5-13-26-21/h4-5,8-11,13,17,19H,6-7,12,14-16,18H2,1-3H3,(H2,25,27,28). The SMILES string of the molecule is CN=C(NCC(=O)N(C)CCc1ccccn1)NC(C)c1cccc(N2CCCC2)c1. The first-order chi connectivity index (χ1) is 15.1. The summed E-state index contributed by atoms with van der Waals surface area (Å²) >= 11 is 0. The van der Waals surface area contributed by atoms with Crippen LogP contribution in [-0.4, -0.2) is 62.0 Å². The lowest BCUT2D eigenvalue weighted by Crippen LogP contribution is -2.44. The lowest BCUT2D eigenvalue weighted by molar-refractivity contribution is -0.128. The van der Waals surface area contributed by atoms with E-state index in [-0.39, 0.29) is 18.5 Å². The molecule has 1 unspecified atom stereocenters. The lowest BCUT2D eigenvalue weighted by atomic mass is 10.1. The number of amides is 1. The third kappa shape index (κ3) is 6.70. The quantitative estimate of drug-likeness (QED) is 0.505. The minimum Gasteiger partial charge on any atom is -0.372 e. The molecule has 0 spiro atoms. The van der Waals surface area contributed by atoms with Crippen LogP contribution in [0.1, 0.15) is 37.1 Å². The topological polar surface area (TPSA) is 72.9 Å². The number of aromatic nitrogens is 1. The molecule has 0 saturated carbocycles. The van der Waals surface area contributed by atoms with E-state index >= 15 is 0 Å². The van der Waals surface area contributed by atoms with Crippen LogP contribution >= 0.6 is 0 Å². The Morgan fingerprint density at radius 3 is 2.74 bits per heavy atom. The molecule has 1 saturated heterocycles. The second-order valence-electron chi connectivity index (χ2n) is 7.97. The number of nitrogens with one attached hydrogen (secondary N) is 2. The highest BCUT2D eigenvalue weighted by Crippen LogP contribution is 2.23. The van der Waals surface area contributed by atoms with Gasteiger partial charge in [-0.3, -0.25) is 14.8 Å². The molecule has 0 radical (unpaired) electrons. The minimum absolute atomic E-state index is 0.0163. The summed E-state index contributed by atoms with van der Waals surface area (Å²) in [5.41, 5.74) is 3.46. The number of anilines is 1. The molecular weight excluding hydrogens is 388 g/mol. The molecular formula is C24H34N6O. The van der Waals surface area contributed by atoms with Gasteiger partial charge in [0, 0.05) is 57.7 Å². The molecule has 1 aromatic heterocycles. The summed E-state index contributed by atoms with van der Waals surface area (Å²) in [4.78, 5) is 25.2. The van der Waals surface area contributed by atoms with E-state index in [1.807, 2.05) is 25.2 Å². The number of carbonyl (C=O) groups excluding carboxylic acids is 1. The Morgan fingerprint density at radius 2 is 2.03 bits per heavy atom. The molecule has 3 rings (SSSR count). The van der Waals surface area contributed by atoms with Gasteiger partial charge in [-0.15, -0.1) is 0 Å². The highest BCUT2D eigenvalue weighted by Gasteiger charge is 2.15. The molecule has 2 aromatic rings. The van der Waals surface area contributed by atoms with E-state index in [0.717, 1.165) is 25.2 Å². The van der Waals surface area contributed by atoms with Gasteiger partial charge in [0.05, 0.1) is 12.6 Å². The summed E-state index contributed by atoms with van der Waals surface area (Å²) in [6, 6.07) is 14.6. The van der Waals surface area contributed by atoms with Crippen LogP contribution in [0.3, 0.4) is 0 Å². The van der Waals surface area contributed by atoms with Gasteiger partial charge in [0.25, 0.3) is 0 Å². The Bertz CT molecular complexity index is 863. The monoisotopic (exact) mass is 422 g/mol. The van der Waals surface area contributed by atoms with Gasteiger partial charge >= 0.3 is 0 Å². The van der Waals surface area contributed by atoms with Gasteiger partial charge in [0.1, 0.15) is 0 Å². The fourth-order valence-corrected chi connectivity index (χ4v) is 3.70. The fraction of sp³-hybridized carbons (Fsp3) is 0.458. The van der Waals surface area contributed by atoms with E-state index in [1.165, 1.54) is 24.1 Å². The minimum atomic E-state index is 0.0163. The highest BCUT2D eigenvalue weighted by molar-refractivity contribution is 5.86. The molecule has 1 amide bonds. The molecule has 1 aliphatic heterocycles. The number of carbonyl (C=O) groups is 1. The largest absolute Gasteiger partial charge is 0.372 e. The summed E-state index contributed by atoms with van der Waals surface area (Å²) in [7, 11) is 3.54. The maximum atomic E-state index is 12.5. The van der Waals surface area contributed by atoms with Crippen molar-refractivity contribution in [2.75, 3.05) is 45.2 Å². The molecule has 0 bridgehead atoms. The zero-order chi connectivity index (χ0) is 22.1. The van der Waals surface area contributed by atoms with Crippen LogP contribution in [0.2, 0.25) is 0 Å². The number of aliphatic imine (C=N–C) groups is 1. The number of nitrogens with zero attached hydrogens (tertiary/aromatic N) is 4. The first-order valence-electron chi connectivity index (χ1n) is 11.0. The van der Waals surface area contributed by atoms with Crippen LogP contribution in [0.25, 0.3) is 0 Å². The van der Waals surface area contributed by atoms with Gasteiger partial charge in [-0.1, -0.05) is 18.2 Å². The molecule has 31 heavy (non-hydrogen) atoms. The Morgan fingerprint density at radius 1 is 1.23 bits per heavy atom. The van der Waals surface area contributed by atoms with Crippen LogP contribution in [-0.2, 0) is 11.2 Å². The van der Waals surface area contributed by atoms with E-state index < -0.39 is 0 Å². The first kappa shape index (κ1) is 22.6. The van der Waals surface area contributed by atoms with Crippen molar-refractivity contribution in [2.45, 2.75) is 32.2 Å². The van der Waals surface area contributed by atoms with Gasteiger partial charge in [0.15, 0.2) is 5.96 Å². The van der Waals surface area contributed by atoms with E-state index in [1.54, 1.807) is 18.1 Å². The average Bonchev–Trinajstić information content (AvgIpc) is 3.35. The van der Waals surface area contributed by atoms with E-state index in [0.29, 0.717) is 12.5 Å². The molecule has 1 atom stereocenters. The Labute approximate surface area is 185 Å². The molecule has 1 fully saturated rings. The summed E-state index contributed by atoms with van der Waals surface area (Å²) in [5, 5.41) is 6.53. The highest BCUT2D eigenvalue weighted by atomic mass is 16.2. The van der Waals surface area contributed by atoms with Crippen molar-refractivity contribution in [2.24, 2.45) is 4.99 Å². The number of likely N-dealkylation sites (N-methyl/N-ethyl adjacent to an activating group) is 1. The number of pyridine rings is 1. The third-order valence-electron chi connectivity index (χ3n) is 5.68. The van der Waals surface area contributed by atoms with E-state index in [4.69, 9.17) is 0 Å². The predicted octanol–water partition coefficient (Wildman–Crippen LogP) is 2.61. The summed E-state index contributed by atoms with van der Waals surface area (Å²) in [5.74, 6) is 0.633. The van der Waals surface area contributed by atoms with Crippen molar-refractivity contribution in [3.8, 4) is 0 Å². The Kier molecular flexibility index (Phi) is 8.27. The second kappa shape index (κ2) is 11.3. The summed E-state index contributed by atoms with van der Waals surface area (Å²) < 4.78 is 0. The smallest absolute Gasteiger partial charge is 0.241 e. The normalized spacial score (nSPS) is 14.9. The third-order valence-corrected chi connectivity index (χ3v) is 5.68. The van der Waals surface area contributed by atoms with E-state index in [2.05, 4.69) is 56.7 Å². The number of hydrogen-bond donors (Lipinski definition) is 2. The second-order valence-corrected chi connectivity index (χ2v) is 7.97. The lowest BCUT2D eigenvalue weighted by Gasteiger charge is -2.22. The molecule has 7 heteroatoms.